The fourth-order valence-electron chi connectivity index (χ4n) is 0.638. The molecule has 6 N–H and O–H groups in total. The Kier molecular flexibility index (Phi) is 5.40. The standard InChI is InChI=1S/C4H7NO.C4H6O6/c5-4(6)3-1-2-3;5-1(3(7)8)2(6)4(9)10/h3H,1-2H2,(H2,5,6);1-2,5-6H,(H,7,8)(H,9,10)/t;1-,2-/m.1/s1. The Morgan fingerprint density at radius 3 is 1.38 bits per heavy atom. The maximum absolute atomic E-state index is 9.98. The lowest BCUT2D eigenvalue weighted by Crippen LogP contribution is -2.39. The predicted octanol–water partition coefficient (Wildman–Crippen LogP) is -2.24. The lowest BCUT2D eigenvalue weighted by molar-refractivity contribution is -0.165. The molecular weight excluding hydrogens is 222 g/mol. The zero-order valence-electron chi connectivity index (χ0n) is 8.24. The van der Waals surface area contributed by atoms with Crippen LogP contribution in [0.1, 0.15) is 12.8 Å². The van der Waals surface area contributed by atoms with Gasteiger partial charge in [-0.2, -0.15) is 0 Å². The maximum atomic E-state index is 9.98. The van der Waals surface area contributed by atoms with Crippen LogP contribution in [0, 0.1) is 5.92 Å². The van der Waals surface area contributed by atoms with Crippen LogP contribution in [0.3, 0.4) is 0 Å². The Morgan fingerprint density at radius 1 is 1.00 bits per heavy atom. The molecule has 0 bridgehead atoms. The van der Waals surface area contributed by atoms with Crippen molar-refractivity contribution in [1.29, 1.82) is 0 Å². The van der Waals surface area contributed by atoms with Crippen molar-refractivity contribution < 1.29 is 34.8 Å². The fourth-order valence-corrected chi connectivity index (χ4v) is 0.638. The quantitative estimate of drug-likeness (QED) is 0.368. The summed E-state index contributed by atoms with van der Waals surface area (Å²) in [6.07, 6.45) is -2.49. The largest absolute Gasteiger partial charge is 0.479 e. The summed E-state index contributed by atoms with van der Waals surface area (Å²) in [6, 6.07) is 0. The number of nitrogens with two attached hydrogens (primary N) is 1. The zero-order chi connectivity index (χ0) is 12.9. The van der Waals surface area contributed by atoms with E-state index in [0.29, 0.717) is 0 Å². The Hall–Kier alpha value is -1.67. The van der Waals surface area contributed by atoms with Gasteiger partial charge in [-0.25, -0.2) is 9.59 Å². The second kappa shape index (κ2) is 6.03. The molecule has 0 unspecified atom stereocenters. The van der Waals surface area contributed by atoms with E-state index in [0.717, 1.165) is 12.8 Å². The minimum atomic E-state index is -2.27. The molecule has 0 radical (unpaired) electrons. The lowest BCUT2D eigenvalue weighted by atomic mass is 10.2. The van der Waals surface area contributed by atoms with Gasteiger partial charge in [0.05, 0.1) is 0 Å². The number of amides is 1. The van der Waals surface area contributed by atoms with E-state index in [4.69, 9.17) is 26.2 Å². The van der Waals surface area contributed by atoms with Gasteiger partial charge >= 0.3 is 11.9 Å². The number of aliphatic hydroxyl groups is 2. The van der Waals surface area contributed by atoms with Gasteiger partial charge < -0.3 is 26.2 Å². The molecule has 0 aromatic heterocycles. The summed E-state index contributed by atoms with van der Waals surface area (Å²) in [7, 11) is 0. The average molecular weight is 235 g/mol. The average Bonchev–Trinajstić information content (AvgIpc) is 2.99. The molecule has 1 aliphatic rings. The van der Waals surface area contributed by atoms with Crippen molar-refractivity contribution in [1.82, 2.24) is 0 Å². The molecule has 2 atom stereocenters. The normalized spacial score (nSPS) is 17.6. The molecule has 8 heteroatoms. The van der Waals surface area contributed by atoms with Crippen LogP contribution in [0.5, 0.6) is 0 Å². The van der Waals surface area contributed by atoms with Crippen molar-refractivity contribution in [3.05, 3.63) is 0 Å². The van der Waals surface area contributed by atoms with Crippen LogP contribution in [0.2, 0.25) is 0 Å². The van der Waals surface area contributed by atoms with Crippen LogP contribution in [0.4, 0.5) is 0 Å². The van der Waals surface area contributed by atoms with Gasteiger partial charge in [0.25, 0.3) is 0 Å². The van der Waals surface area contributed by atoms with Crippen LogP contribution in [0.15, 0.2) is 0 Å². The number of carboxylic acid groups (broad SMARTS) is 2. The third-order valence-electron chi connectivity index (χ3n) is 1.78. The summed E-state index contributed by atoms with van der Waals surface area (Å²) in [5.41, 5.74) is 4.86. The van der Waals surface area contributed by atoms with Crippen LogP contribution >= 0.6 is 0 Å². The van der Waals surface area contributed by atoms with Crippen molar-refractivity contribution in [2.45, 2.75) is 25.0 Å². The highest BCUT2D eigenvalue weighted by Crippen LogP contribution is 2.27. The van der Waals surface area contributed by atoms with E-state index in [1.165, 1.54) is 0 Å². The molecule has 8 nitrogen and oxygen atoms in total. The van der Waals surface area contributed by atoms with Crippen molar-refractivity contribution in [2.75, 3.05) is 0 Å². The molecule has 92 valence electrons. The summed E-state index contributed by atoms with van der Waals surface area (Å²) in [4.78, 5) is 29.5. The SMILES string of the molecule is NC(=O)C1CC1.O=C(O)[C@H](O)[C@@H](O)C(=O)O. The second-order valence-corrected chi connectivity index (χ2v) is 3.24. The minimum absolute atomic E-state index is 0.130. The van der Waals surface area contributed by atoms with E-state index in [1.54, 1.807) is 0 Å². The summed E-state index contributed by atoms with van der Waals surface area (Å²) < 4.78 is 0. The number of carboxylic acids is 2. The van der Waals surface area contributed by atoms with Gasteiger partial charge in [0.1, 0.15) is 0 Å². The number of hydrogen-bond acceptors (Lipinski definition) is 5. The number of carbonyl (C=O) groups excluding carboxylic acids is 1. The van der Waals surface area contributed by atoms with Crippen molar-refractivity contribution in [3.8, 4) is 0 Å². The maximum Gasteiger partial charge on any atom is 0.335 e. The van der Waals surface area contributed by atoms with Crippen molar-refractivity contribution in [2.24, 2.45) is 11.7 Å². The predicted molar refractivity (Wildman–Crippen MR) is 49.2 cm³/mol. The molecule has 0 heterocycles. The van der Waals surface area contributed by atoms with Gasteiger partial charge in [-0.05, 0) is 12.8 Å². The molecule has 0 aromatic rings. The summed E-state index contributed by atoms with van der Waals surface area (Å²) in [5, 5.41) is 32.5. The molecule has 1 amide bonds. The number of aliphatic carboxylic acids is 2. The highest BCUT2D eigenvalue weighted by molar-refractivity contribution is 5.83. The van der Waals surface area contributed by atoms with Gasteiger partial charge in [0.2, 0.25) is 5.91 Å². The zero-order valence-corrected chi connectivity index (χ0v) is 8.24. The first-order valence-corrected chi connectivity index (χ1v) is 4.38. The Bertz CT molecular complexity index is 268. The van der Waals surface area contributed by atoms with Crippen LogP contribution in [-0.2, 0) is 14.4 Å². The fraction of sp³-hybridized carbons (Fsp3) is 0.625. The first-order chi connectivity index (χ1) is 7.27. The van der Waals surface area contributed by atoms with E-state index in [9.17, 15) is 14.4 Å². The van der Waals surface area contributed by atoms with Crippen LogP contribution in [-0.4, -0.2) is 50.5 Å². The highest BCUT2D eigenvalue weighted by Gasteiger charge is 2.29. The van der Waals surface area contributed by atoms with E-state index in [-0.39, 0.29) is 11.8 Å². The van der Waals surface area contributed by atoms with Crippen LogP contribution < -0.4 is 5.73 Å². The van der Waals surface area contributed by atoms with Gasteiger partial charge in [0, 0.05) is 5.92 Å². The van der Waals surface area contributed by atoms with Gasteiger partial charge in [-0.1, -0.05) is 0 Å². The third kappa shape index (κ3) is 5.27. The van der Waals surface area contributed by atoms with Crippen molar-refractivity contribution >= 4 is 17.8 Å². The molecule has 1 fully saturated rings. The van der Waals surface area contributed by atoms with Crippen molar-refractivity contribution in [3.63, 3.8) is 0 Å². The molecule has 1 rings (SSSR count). The smallest absolute Gasteiger partial charge is 0.335 e. The molecule has 16 heavy (non-hydrogen) atoms. The summed E-state index contributed by atoms with van der Waals surface area (Å²) in [5.74, 6) is -3.43. The first kappa shape index (κ1) is 14.3. The topological polar surface area (TPSA) is 158 Å². The molecule has 0 spiro atoms. The number of carbonyl (C=O) groups is 3. The summed E-state index contributed by atoms with van der Waals surface area (Å²) >= 11 is 0. The van der Waals surface area contributed by atoms with E-state index < -0.39 is 24.1 Å². The van der Waals surface area contributed by atoms with Gasteiger partial charge in [0.15, 0.2) is 12.2 Å². The molecule has 0 aliphatic heterocycles. The Labute approximate surface area is 90.3 Å². The second-order valence-electron chi connectivity index (χ2n) is 3.24. The van der Waals surface area contributed by atoms with E-state index in [2.05, 4.69) is 0 Å². The molecule has 0 saturated heterocycles. The monoisotopic (exact) mass is 235 g/mol. The molecule has 0 aromatic carbocycles. The highest BCUT2D eigenvalue weighted by atomic mass is 16.4. The van der Waals surface area contributed by atoms with E-state index >= 15 is 0 Å². The first-order valence-electron chi connectivity index (χ1n) is 4.38. The molecule has 1 saturated carbocycles. The lowest BCUT2D eigenvalue weighted by Gasteiger charge is -2.07. The Morgan fingerprint density at radius 2 is 1.31 bits per heavy atom. The number of hydrogen-bond donors (Lipinski definition) is 5. The third-order valence-corrected chi connectivity index (χ3v) is 1.78. The minimum Gasteiger partial charge on any atom is -0.479 e. The van der Waals surface area contributed by atoms with E-state index in [1.807, 2.05) is 0 Å². The summed E-state index contributed by atoms with van der Waals surface area (Å²) in [6.45, 7) is 0. The molecular formula is C8H13NO7. The molecule has 1 aliphatic carbocycles. The Balaban J connectivity index is 0.000000315. The number of aliphatic hydroxyl groups excluding tert-OH is 2. The van der Waals surface area contributed by atoms with Gasteiger partial charge in [-0.15, -0.1) is 0 Å². The van der Waals surface area contributed by atoms with Crippen LogP contribution in [0.25, 0.3) is 0 Å². The van der Waals surface area contributed by atoms with Gasteiger partial charge in [-0.3, -0.25) is 4.79 Å². The number of primary amides is 1. The number of rotatable bonds is 4.